The van der Waals surface area contributed by atoms with Gasteiger partial charge in [-0.2, -0.15) is 0 Å². The van der Waals surface area contributed by atoms with E-state index in [1.807, 2.05) is 29.6 Å². The molecule has 0 fully saturated rings. The van der Waals surface area contributed by atoms with Gasteiger partial charge in [0.15, 0.2) is 0 Å². The third-order valence-corrected chi connectivity index (χ3v) is 3.98. The normalized spacial score (nSPS) is 12.4. The van der Waals surface area contributed by atoms with E-state index < -0.39 is 6.10 Å². The summed E-state index contributed by atoms with van der Waals surface area (Å²) in [5.41, 5.74) is 0.760. The molecule has 1 unspecified atom stereocenters. The lowest BCUT2D eigenvalue weighted by Crippen LogP contribution is -2.03. The summed E-state index contributed by atoms with van der Waals surface area (Å²) in [4.78, 5) is 0.754. The van der Waals surface area contributed by atoms with Gasteiger partial charge >= 0.3 is 0 Å². The zero-order valence-electron chi connectivity index (χ0n) is 10.1. The Labute approximate surface area is 116 Å². The van der Waals surface area contributed by atoms with E-state index in [4.69, 9.17) is 16.3 Å². The third kappa shape index (κ3) is 2.86. The van der Waals surface area contributed by atoms with Gasteiger partial charge in [0, 0.05) is 5.56 Å². The number of benzene rings is 1. The molecule has 2 rings (SSSR count). The van der Waals surface area contributed by atoms with Gasteiger partial charge in [-0.3, -0.25) is 0 Å². The molecule has 2 nitrogen and oxygen atoms in total. The molecular formula is C14H15ClO2S. The van der Waals surface area contributed by atoms with Gasteiger partial charge in [-0.1, -0.05) is 36.7 Å². The average molecular weight is 283 g/mol. The van der Waals surface area contributed by atoms with Crippen molar-refractivity contribution in [3.8, 4) is 5.75 Å². The molecule has 1 atom stereocenters. The first-order valence-electron chi connectivity index (χ1n) is 5.86. The lowest BCUT2D eigenvalue weighted by molar-refractivity contribution is 0.214. The first-order valence-corrected chi connectivity index (χ1v) is 7.12. The number of rotatable bonds is 5. The van der Waals surface area contributed by atoms with E-state index >= 15 is 0 Å². The highest BCUT2D eigenvalue weighted by Crippen LogP contribution is 2.36. The van der Waals surface area contributed by atoms with Crippen LogP contribution in [0.15, 0.2) is 35.7 Å². The number of halogens is 1. The van der Waals surface area contributed by atoms with Gasteiger partial charge in [0.05, 0.1) is 16.5 Å². The summed E-state index contributed by atoms with van der Waals surface area (Å²) < 4.78 is 5.65. The topological polar surface area (TPSA) is 29.5 Å². The second-order valence-corrected chi connectivity index (χ2v) is 5.28. The number of thiophene rings is 1. The fraction of sp³-hybridized carbons (Fsp3) is 0.286. The molecule has 4 heteroatoms. The van der Waals surface area contributed by atoms with E-state index in [0.29, 0.717) is 11.6 Å². The van der Waals surface area contributed by atoms with Crippen LogP contribution in [0, 0.1) is 0 Å². The van der Waals surface area contributed by atoms with Crippen molar-refractivity contribution in [3.05, 3.63) is 51.2 Å². The van der Waals surface area contributed by atoms with Gasteiger partial charge in [-0.25, -0.2) is 0 Å². The largest absolute Gasteiger partial charge is 0.493 e. The minimum Gasteiger partial charge on any atom is -0.493 e. The first kappa shape index (κ1) is 13.4. The van der Waals surface area contributed by atoms with Crippen LogP contribution in [0.3, 0.4) is 0 Å². The van der Waals surface area contributed by atoms with E-state index in [1.54, 1.807) is 6.07 Å². The Morgan fingerprint density at radius 3 is 2.78 bits per heavy atom. The molecule has 0 radical (unpaired) electrons. The molecule has 1 heterocycles. The van der Waals surface area contributed by atoms with Gasteiger partial charge in [0.2, 0.25) is 0 Å². The molecule has 1 aromatic heterocycles. The molecule has 0 saturated heterocycles. The number of hydrogen-bond acceptors (Lipinski definition) is 3. The number of hydrogen-bond donors (Lipinski definition) is 1. The Bertz CT molecular complexity index is 510. The predicted octanol–water partition coefficient (Wildman–Crippen LogP) is 4.27. The Hall–Kier alpha value is -1.03. The monoisotopic (exact) mass is 282 g/mol. The minimum atomic E-state index is -0.731. The SMILES string of the molecule is CCCOc1ccccc1C(O)c1sccc1Cl. The van der Waals surface area contributed by atoms with Crippen LogP contribution in [0.25, 0.3) is 0 Å². The molecule has 1 N–H and O–H groups in total. The number of para-hydroxylation sites is 1. The molecule has 0 spiro atoms. The van der Waals surface area contributed by atoms with Crippen LogP contribution < -0.4 is 4.74 Å². The maximum Gasteiger partial charge on any atom is 0.125 e. The molecule has 0 aliphatic heterocycles. The van der Waals surface area contributed by atoms with Crippen molar-refractivity contribution < 1.29 is 9.84 Å². The molecule has 18 heavy (non-hydrogen) atoms. The summed E-state index contributed by atoms with van der Waals surface area (Å²) in [6.07, 6.45) is 0.204. The van der Waals surface area contributed by atoms with E-state index in [-0.39, 0.29) is 0 Å². The summed E-state index contributed by atoms with van der Waals surface area (Å²) in [6.45, 7) is 2.69. The molecule has 1 aromatic carbocycles. The fourth-order valence-corrected chi connectivity index (χ4v) is 2.85. The third-order valence-electron chi connectivity index (χ3n) is 2.57. The lowest BCUT2D eigenvalue weighted by Gasteiger charge is -2.15. The fourth-order valence-electron chi connectivity index (χ4n) is 1.69. The van der Waals surface area contributed by atoms with Crippen LogP contribution in [0.4, 0.5) is 0 Å². The Kier molecular flexibility index (Phi) is 4.64. The van der Waals surface area contributed by atoms with Crippen LogP contribution in [0.5, 0.6) is 5.75 Å². The minimum absolute atomic E-state index is 0.595. The molecular weight excluding hydrogens is 268 g/mol. The number of ether oxygens (including phenoxy) is 1. The summed E-state index contributed by atoms with van der Waals surface area (Å²) in [6, 6.07) is 9.32. The van der Waals surface area contributed by atoms with Crippen molar-refractivity contribution in [2.45, 2.75) is 19.4 Å². The van der Waals surface area contributed by atoms with E-state index in [9.17, 15) is 5.11 Å². The standard InChI is InChI=1S/C14H15ClO2S/c1-2-8-17-12-6-4-3-5-10(12)13(16)14-11(15)7-9-18-14/h3-7,9,13,16H,2,8H2,1H3. The van der Waals surface area contributed by atoms with Crippen LogP contribution in [0.2, 0.25) is 5.02 Å². The van der Waals surface area contributed by atoms with Gasteiger partial charge in [0.1, 0.15) is 11.9 Å². The van der Waals surface area contributed by atoms with E-state index in [2.05, 4.69) is 6.92 Å². The van der Waals surface area contributed by atoms with Crippen LogP contribution in [-0.4, -0.2) is 11.7 Å². The number of aliphatic hydroxyl groups is 1. The smallest absolute Gasteiger partial charge is 0.125 e. The highest BCUT2D eigenvalue weighted by atomic mass is 35.5. The predicted molar refractivity (Wildman–Crippen MR) is 75.6 cm³/mol. The van der Waals surface area contributed by atoms with Gasteiger partial charge in [0.25, 0.3) is 0 Å². The zero-order chi connectivity index (χ0) is 13.0. The quantitative estimate of drug-likeness (QED) is 0.887. The summed E-state index contributed by atoms with van der Waals surface area (Å²) in [7, 11) is 0. The summed E-state index contributed by atoms with van der Waals surface area (Å²) >= 11 is 7.50. The molecule has 0 bridgehead atoms. The van der Waals surface area contributed by atoms with Crippen molar-refractivity contribution in [1.82, 2.24) is 0 Å². The van der Waals surface area contributed by atoms with Crippen molar-refractivity contribution in [2.75, 3.05) is 6.61 Å². The van der Waals surface area contributed by atoms with Crippen LogP contribution in [0.1, 0.15) is 29.9 Å². The van der Waals surface area contributed by atoms with Crippen molar-refractivity contribution in [2.24, 2.45) is 0 Å². The maximum atomic E-state index is 10.4. The number of aliphatic hydroxyl groups excluding tert-OH is 1. The molecule has 2 aromatic rings. The summed E-state index contributed by atoms with van der Waals surface area (Å²) in [5.74, 6) is 0.719. The summed E-state index contributed by atoms with van der Waals surface area (Å²) in [5, 5.41) is 12.9. The Balaban J connectivity index is 2.30. The highest BCUT2D eigenvalue weighted by molar-refractivity contribution is 7.10. The second-order valence-electron chi connectivity index (χ2n) is 3.92. The second kappa shape index (κ2) is 6.23. The van der Waals surface area contributed by atoms with Gasteiger partial charge < -0.3 is 9.84 Å². The Morgan fingerprint density at radius 2 is 2.11 bits per heavy atom. The zero-order valence-corrected chi connectivity index (χ0v) is 11.7. The van der Waals surface area contributed by atoms with Crippen molar-refractivity contribution >= 4 is 22.9 Å². The molecule has 96 valence electrons. The highest BCUT2D eigenvalue weighted by Gasteiger charge is 2.18. The molecule has 0 aliphatic rings. The van der Waals surface area contributed by atoms with Crippen molar-refractivity contribution in [1.29, 1.82) is 0 Å². The van der Waals surface area contributed by atoms with Crippen LogP contribution >= 0.6 is 22.9 Å². The van der Waals surface area contributed by atoms with E-state index in [1.165, 1.54) is 11.3 Å². The molecule has 0 aliphatic carbocycles. The van der Waals surface area contributed by atoms with Crippen molar-refractivity contribution in [3.63, 3.8) is 0 Å². The lowest BCUT2D eigenvalue weighted by atomic mass is 10.1. The molecule has 0 amide bonds. The Morgan fingerprint density at radius 1 is 1.33 bits per heavy atom. The van der Waals surface area contributed by atoms with Crippen LogP contribution in [-0.2, 0) is 0 Å². The molecule has 0 saturated carbocycles. The van der Waals surface area contributed by atoms with E-state index in [0.717, 1.165) is 22.6 Å². The van der Waals surface area contributed by atoms with Gasteiger partial charge in [-0.05, 0) is 23.9 Å². The average Bonchev–Trinajstić information content (AvgIpc) is 2.82. The first-order chi connectivity index (χ1) is 8.74. The maximum absolute atomic E-state index is 10.4. The van der Waals surface area contributed by atoms with Gasteiger partial charge in [-0.15, -0.1) is 11.3 Å².